The number of rotatable bonds is 5. The molecule has 0 bridgehead atoms. The molecule has 3 aromatic rings. The van der Waals surface area contributed by atoms with Gasteiger partial charge in [-0.15, -0.1) is 11.3 Å². The molecule has 0 aliphatic carbocycles. The number of aromatic amines is 1. The standard InChI is InChI=1S/C16H15NO4S2/c1-23(20,21)16-12(7-10-5-3-2-4-6-10)14-11(8-13(18)19)9-17-15(14)22-16/h2-6,9,17H,7-8H2,1H3,(H,18,19). The van der Waals surface area contributed by atoms with Crippen LogP contribution in [0.1, 0.15) is 16.7 Å². The zero-order valence-electron chi connectivity index (χ0n) is 12.4. The van der Waals surface area contributed by atoms with Gasteiger partial charge in [0.25, 0.3) is 0 Å². The van der Waals surface area contributed by atoms with Gasteiger partial charge in [0, 0.05) is 24.3 Å². The van der Waals surface area contributed by atoms with Gasteiger partial charge in [0.05, 0.1) is 6.42 Å². The second kappa shape index (κ2) is 5.82. The van der Waals surface area contributed by atoms with Crippen molar-refractivity contribution >= 4 is 37.4 Å². The molecule has 0 saturated heterocycles. The minimum absolute atomic E-state index is 0.137. The van der Waals surface area contributed by atoms with Crippen LogP contribution in [0.15, 0.2) is 40.7 Å². The predicted octanol–water partition coefficient (Wildman–Crippen LogP) is 2.85. The molecule has 0 amide bonds. The summed E-state index contributed by atoms with van der Waals surface area (Å²) in [5.41, 5.74) is 2.28. The fourth-order valence-corrected chi connectivity index (χ4v) is 5.11. The molecular formula is C16H15NO4S2. The van der Waals surface area contributed by atoms with Crippen molar-refractivity contribution in [1.82, 2.24) is 4.98 Å². The molecule has 0 aliphatic heterocycles. The zero-order valence-corrected chi connectivity index (χ0v) is 14.0. The molecule has 7 heteroatoms. The highest BCUT2D eigenvalue weighted by Crippen LogP contribution is 2.37. The molecule has 3 rings (SSSR count). The van der Waals surface area contributed by atoms with Crippen LogP contribution < -0.4 is 0 Å². The quantitative estimate of drug-likeness (QED) is 0.741. The molecule has 0 radical (unpaired) electrons. The summed E-state index contributed by atoms with van der Waals surface area (Å²) in [7, 11) is -3.38. The molecule has 0 spiro atoms. The van der Waals surface area contributed by atoms with Crippen molar-refractivity contribution in [2.45, 2.75) is 17.1 Å². The van der Waals surface area contributed by atoms with Crippen LogP contribution in [-0.4, -0.2) is 30.7 Å². The van der Waals surface area contributed by atoms with Gasteiger partial charge in [-0.1, -0.05) is 30.3 Å². The Morgan fingerprint density at radius 3 is 2.57 bits per heavy atom. The molecule has 0 saturated carbocycles. The van der Waals surface area contributed by atoms with Crippen LogP contribution in [0.2, 0.25) is 0 Å². The first-order valence-corrected chi connectivity index (χ1v) is 9.64. The number of carboxylic acid groups (broad SMARTS) is 1. The third-order valence-corrected chi connectivity index (χ3v) is 6.61. The first-order valence-electron chi connectivity index (χ1n) is 6.93. The largest absolute Gasteiger partial charge is 0.481 e. The Hall–Kier alpha value is -2.12. The molecule has 2 heterocycles. The van der Waals surface area contributed by atoms with Crippen LogP contribution in [0.4, 0.5) is 0 Å². The summed E-state index contributed by atoms with van der Waals surface area (Å²) in [6.45, 7) is 0. The van der Waals surface area contributed by atoms with E-state index in [2.05, 4.69) is 4.98 Å². The van der Waals surface area contributed by atoms with Crippen molar-refractivity contribution in [1.29, 1.82) is 0 Å². The number of carbonyl (C=O) groups is 1. The lowest BCUT2D eigenvalue weighted by Crippen LogP contribution is -2.02. The van der Waals surface area contributed by atoms with Gasteiger partial charge in [-0.05, 0) is 16.7 Å². The Bertz CT molecular complexity index is 968. The Morgan fingerprint density at radius 2 is 1.96 bits per heavy atom. The number of nitrogens with one attached hydrogen (secondary N) is 1. The predicted molar refractivity (Wildman–Crippen MR) is 89.9 cm³/mol. The van der Waals surface area contributed by atoms with Crippen LogP contribution in [0.3, 0.4) is 0 Å². The van der Waals surface area contributed by atoms with Gasteiger partial charge in [-0.3, -0.25) is 4.79 Å². The highest BCUT2D eigenvalue weighted by atomic mass is 32.2. The van der Waals surface area contributed by atoms with Crippen LogP contribution in [0.25, 0.3) is 10.2 Å². The summed E-state index contributed by atoms with van der Waals surface area (Å²) >= 11 is 1.16. The van der Waals surface area contributed by atoms with E-state index < -0.39 is 15.8 Å². The van der Waals surface area contributed by atoms with Gasteiger partial charge in [0.2, 0.25) is 0 Å². The van der Waals surface area contributed by atoms with E-state index in [0.29, 0.717) is 26.6 Å². The number of fused-ring (bicyclic) bond motifs is 1. The normalized spacial score (nSPS) is 11.9. The average Bonchev–Trinajstić information content (AvgIpc) is 3.01. The number of aromatic nitrogens is 1. The van der Waals surface area contributed by atoms with E-state index >= 15 is 0 Å². The van der Waals surface area contributed by atoms with Gasteiger partial charge >= 0.3 is 5.97 Å². The third kappa shape index (κ3) is 3.16. The molecule has 2 N–H and O–H groups in total. The Labute approximate surface area is 137 Å². The topological polar surface area (TPSA) is 87.2 Å². The van der Waals surface area contributed by atoms with E-state index in [0.717, 1.165) is 22.3 Å². The fourth-order valence-electron chi connectivity index (χ4n) is 2.67. The lowest BCUT2D eigenvalue weighted by Gasteiger charge is -2.05. The smallest absolute Gasteiger partial charge is 0.307 e. The fraction of sp³-hybridized carbons (Fsp3) is 0.188. The van der Waals surface area contributed by atoms with Gasteiger partial charge in [0.1, 0.15) is 9.04 Å². The molecule has 0 unspecified atom stereocenters. The molecular weight excluding hydrogens is 334 g/mol. The van der Waals surface area contributed by atoms with Crippen molar-refractivity contribution < 1.29 is 18.3 Å². The van der Waals surface area contributed by atoms with E-state index in [1.54, 1.807) is 6.20 Å². The Kier molecular flexibility index (Phi) is 3.99. The maximum atomic E-state index is 12.1. The number of hydrogen-bond acceptors (Lipinski definition) is 4. The molecule has 23 heavy (non-hydrogen) atoms. The number of aliphatic carboxylic acids is 1. The van der Waals surface area contributed by atoms with Crippen molar-refractivity contribution in [3.05, 3.63) is 53.2 Å². The first-order chi connectivity index (χ1) is 10.9. The molecule has 1 aromatic carbocycles. The first kappa shape index (κ1) is 15.8. The number of hydrogen-bond donors (Lipinski definition) is 2. The highest BCUT2D eigenvalue weighted by Gasteiger charge is 2.24. The van der Waals surface area contributed by atoms with Crippen molar-refractivity contribution in [2.24, 2.45) is 0 Å². The minimum atomic E-state index is -3.38. The molecule has 2 aromatic heterocycles. The summed E-state index contributed by atoms with van der Waals surface area (Å²) in [5, 5.41) is 9.79. The summed E-state index contributed by atoms with van der Waals surface area (Å²) < 4.78 is 24.6. The maximum Gasteiger partial charge on any atom is 0.307 e. The van der Waals surface area contributed by atoms with Gasteiger partial charge < -0.3 is 10.1 Å². The summed E-state index contributed by atoms with van der Waals surface area (Å²) in [6, 6.07) is 9.55. The van der Waals surface area contributed by atoms with Crippen LogP contribution >= 0.6 is 11.3 Å². The second-order valence-corrected chi connectivity index (χ2v) is 8.62. The van der Waals surface area contributed by atoms with Gasteiger partial charge in [0.15, 0.2) is 9.84 Å². The van der Waals surface area contributed by atoms with E-state index in [4.69, 9.17) is 5.11 Å². The minimum Gasteiger partial charge on any atom is -0.481 e. The van der Waals surface area contributed by atoms with Crippen LogP contribution in [0.5, 0.6) is 0 Å². The summed E-state index contributed by atoms with van der Waals surface area (Å²) in [4.78, 5) is 14.8. The second-order valence-electron chi connectivity index (χ2n) is 5.39. The monoisotopic (exact) mass is 349 g/mol. The lowest BCUT2D eigenvalue weighted by atomic mass is 10.0. The molecule has 120 valence electrons. The number of benzene rings is 1. The van der Waals surface area contributed by atoms with E-state index in [1.165, 1.54) is 6.26 Å². The number of sulfone groups is 1. The maximum absolute atomic E-state index is 12.1. The average molecular weight is 349 g/mol. The number of H-pyrrole nitrogens is 1. The molecule has 5 nitrogen and oxygen atoms in total. The highest BCUT2D eigenvalue weighted by molar-refractivity contribution is 7.93. The van der Waals surface area contributed by atoms with Gasteiger partial charge in [-0.25, -0.2) is 8.42 Å². The number of thiophene rings is 1. The third-order valence-electron chi connectivity index (χ3n) is 3.57. The zero-order chi connectivity index (χ0) is 16.6. The summed E-state index contributed by atoms with van der Waals surface area (Å²) in [6.07, 6.45) is 3.15. The molecule has 0 fully saturated rings. The molecule has 0 atom stereocenters. The Morgan fingerprint density at radius 1 is 1.26 bits per heavy atom. The SMILES string of the molecule is CS(=O)(=O)c1sc2[nH]cc(CC(=O)O)c2c1Cc1ccccc1. The number of carboxylic acids is 1. The van der Waals surface area contributed by atoms with Gasteiger partial charge in [-0.2, -0.15) is 0 Å². The van der Waals surface area contributed by atoms with Crippen molar-refractivity contribution in [3.8, 4) is 0 Å². The summed E-state index contributed by atoms with van der Waals surface area (Å²) in [5.74, 6) is -0.941. The van der Waals surface area contributed by atoms with E-state index in [-0.39, 0.29) is 6.42 Å². The van der Waals surface area contributed by atoms with Crippen LogP contribution in [-0.2, 0) is 27.5 Å². The lowest BCUT2D eigenvalue weighted by molar-refractivity contribution is -0.136. The Balaban J connectivity index is 2.21. The van der Waals surface area contributed by atoms with Crippen LogP contribution in [0, 0.1) is 0 Å². The van der Waals surface area contributed by atoms with Crippen molar-refractivity contribution in [3.63, 3.8) is 0 Å². The van der Waals surface area contributed by atoms with Crippen molar-refractivity contribution in [2.75, 3.05) is 6.26 Å². The molecule has 0 aliphatic rings. The van der Waals surface area contributed by atoms with E-state index in [1.807, 2.05) is 30.3 Å². The van der Waals surface area contributed by atoms with E-state index in [9.17, 15) is 13.2 Å².